The summed E-state index contributed by atoms with van der Waals surface area (Å²) < 4.78 is 0.841. The van der Waals surface area contributed by atoms with Gasteiger partial charge in [-0.25, -0.2) is 0 Å². The first kappa shape index (κ1) is 11.9. The lowest BCUT2D eigenvalue weighted by atomic mass is 10.1. The van der Waals surface area contributed by atoms with Crippen LogP contribution < -0.4 is 16.6 Å². The molecule has 0 atom stereocenters. The average molecular weight is 288 g/mol. The van der Waals surface area contributed by atoms with Crippen molar-refractivity contribution in [2.45, 2.75) is 6.92 Å². The molecule has 80 valence electrons. The Hall–Kier alpha value is -1.14. The van der Waals surface area contributed by atoms with Crippen LogP contribution in [0.25, 0.3) is 0 Å². The van der Waals surface area contributed by atoms with Crippen LogP contribution in [0.5, 0.6) is 0 Å². The number of amides is 1. The zero-order valence-electron chi connectivity index (χ0n) is 8.00. The molecule has 1 rings (SSSR count). The molecule has 0 heterocycles. The second-order valence-corrected chi connectivity index (χ2v) is 4.26. The third kappa shape index (κ3) is 3.49. The molecule has 0 saturated carbocycles. The normalized spacial score (nSPS) is 9.47. The van der Waals surface area contributed by atoms with Gasteiger partial charge in [0.2, 0.25) is 0 Å². The molecule has 4 nitrogen and oxygen atoms in total. The Morgan fingerprint density at radius 2 is 2.13 bits per heavy atom. The van der Waals surface area contributed by atoms with Crippen LogP contribution in [0.3, 0.4) is 0 Å². The Labute approximate surface area is 101 Å². The minimum atomic E-state index is -0.276. The van der Waals surface area contributed by atoms with E-state index in [4.69, 9.17) is 5.73 Å². The van der Waals surface area contributed by atoms with E-state index in [0.717, 1.165) is 10.0 Å². The van der Waals surface area contributed by atoms with Gasteiger partial charge in [-0.15, -0.1) is 0 Å². The van der Waals surface area contributed by atoms with Gasteiger partial charge in [0.25, 0.3) is 5.91 Å². The highest BCUT2D eigenvalue weighted by Gasteiger charge is 2.08. The highest BCUT2D eigenvalue weighted by Crippen LogP contribution is 2.15. The summed E-state index contributed by atoms with van der Waals surface area (Å²) in [6.45, 7) is 1.85. The van der Waals surface area contributed by atoms with E-state index in [-0.39, 0.29) is 11.0 Å². The molecule has 0 aliphatic rings. The fourth-order valence-electron chi connectivity index (χ4n) is 1.02. The van der Waals surface area contributed by atoms with E-state index in [2.05, 4.69) is 39.0 Å². The van der Waals surface area contributed by atoms with Crippen molar-refractivity contribution >= 4 is 39.2 Å². The molecule has 0 bridgehead atoms. The maximum absolute atomic E-state index is 11.6. The minimum Gasteiger partial charge on any atom is -0.375 e. The first-order valence-corrected chi connectivity index (χ1v) is 5.33. The predicted octanol–water partition coefficient (Wildman–Crippen LogP) is 1.24. The summed E-state index contributed by atoms with van der Waals surface area (Å²) in [5.74, 6) is -0.276. The molecule has 0 aliphatic carbocycles. The lowest BCUT2D eigenvalue weighted by molar-refractivity contribution is 0.0943. The van der Waals surface area contributed by atoms with Crippen LogP contribution in [0.4, 0.5) is 0 Å². The van der Waals surface area contributed by atoms with Crippen molar-refractivity contribution in [1.29, 1.82) is 0 Å². The van der Waals surface area contributed by atoms with Gasteiger partial charge in [0.15, 0.2) is 5.11 Å². The van der Waals surface area contributed by atoms with Crippen molar-refractivity contribution in [3.05, 3.63) is 33.8 Å². The molecular formula is C9H10BrN3OS. The summed E-state index contributed by atoms with van der Waals surface area (Å²) in [5.41, 5.74) is 11.4. The number of hydrogen-bond donors (Lipinski definition) is 3. The number of nitrogens with one attached hydrogen (secondary N) is 2. The van der Waals surface area contributed by atoms with Gasteiger partial charge in [0.05, 0.1) is 0 Å². The molecule has 6 heteroatoms. The van der Waals surface area contributed by atoms with Gasteiger partial charge in [0.1, 0.15) is 0 Å². The highest BCUT2D eigenvalue weighted by molar-refractivity contribution is 9.10. The monoisotopic (exact) mass is 287 g/mol. The summed E-state index contributed by atoms with van der Waals surface area (Å²) >= 11 is 7.86. The van der Waals surface area contributed by atoms with Gasteiger partial charge < -0.3 is 5.73 Å². The zero-order chi connectivity index (χ0) is 11.4. The SMILES string of the molecule is Cc1ccc(Br)cc1C(=O)NNC(N)=S. The lowest BCUT2D eigenvalue weighted by Crippen LogP contribution is -2.44. The van der Waals surface area contributed by atoms with Gasteiger partial charge in [-0.1, -0.05) is 22.0 Å². The Balaban J connectivity index is 2.81. The van der Waals surface area contributed by atoms with E-state index >= 15 is 0 Å². The van der Waals surface area contributed by atoms with Crippen molar-refractivity contribution in [2.75, 3.05) is 0 Å². The summed E-state index contributed by atoms with van der Waals surface area (Å²) in [6, 6.07) is 5.44. The van der Waals surface area contributed by atoms with Crippen LogP contribution in [0.1, 0.15) is 15.9 Å². The van der Waals surface area contributed by atoms with Crippen molar-refractivity contribution in [3.63, 3.8) is 0 Å². The number of rotatable bonds is 1. The molecule has 1 aromatic rings. The van der Waals surface area contributed by atoms with Crippen LogP contribution in [0.2, 0.25) is 0 Å². The molecule has 0 spiro atoms. The van der Waals surface area contributed by atoms with Crippen molar-refractivity contribution in [2.24, 2.45) is 5.73 Å². The highest BCUT2D eigenvalue weighted by atomic mass is 79.9. The largest absolute Gasteiger partial charge is 0.375 e. The maximum Gasteiger partial charge on any atom is 0.269 e. The smallest absolute Gasteiger partial charge is 0.269 e. The van der Waals surface area contributed by atoms with E-state index in [1.807, 2.05) is 19.1 Å². The van der Waals surface area contributed by atoms with Crippen molar-refractivity contribution < 1.29 is 4.79 Å². The van der Waals surface area contributed by atoms with Crippen LogP contribution >= 0.6 is 28.1 Å². The summed E-state index contributed by atoms with van der Waals surface area (Å²) in [6.07, 6.45) is 0. The summed E-state index contributed by atoms with van der Waals surface area (Å²) in [5, 5.41) is 0.0241. The van der Waals surface area contributed by atoms with Crippen LogP contribution in [0.15, 0.2) is 22.7 Å². The van der Waals surface area contributed by atoms with Gasteiger partial charge in [-0.3, -0.25) is 15.6 Å². The number of nitrogens with two attached hydrogens (primary N) is 1. The number of benzene rings is 1. The molecule has 0 saturated heterocycles. The van der Waals surface area contributed by atoms with Crippen LogP contribution in [-0.2, 0) is 0 Å². The Bertz CT molecular complexity index is 408. The molecular weight excluding hydrogens is 278 g/mol. The molecule has 0 unspecified atom stereocenters. The number of hydrazine groups is 1. The number of thiocarbonyl (C=S) groups is 1. The second-order valence-electron chi connectivity index (χ2n) is 2.90. The molecule has 1 aromatic carbocycles. The number of carbonyl (C=O) groups excluding carboxylic acids is 1. The summed E-state index contributed by atoms with van der Waals surface area (Å²) in [4.78, 5) is 11.6. The predicted molar refractivity (Wildman–Crippen MR) is 66.3 cm³/mol. The van der Waals surface area contributed by atoms with Crippen LogP contribution in [0, 0.1) is 6.92 Å². The third-order valence-corrected chi connectivity index (χ3v) is 2.34. The van der Waals surface area contributed by atoms with Gasteiger partial charge in [0, 0.05) is 10.0 Å². The molecule has 1 amide bonds. The lowest BCUT2D eigenvalue weighted by Gasteiger charge is -2.08. The Kier molecular flexibility index (Phi) is 4.05. The molecule has 4 N–H and O–H groups in total. The third-order valence-electron chi connectivity index (χ3n) is 1.74. The fourth-order valence-corrected chi connectivity index (χ4v) is 1.44. The average Bonchev–Trinajstić information content (AvgIpc) is 2.18. The maximum atomic E-state index is 11.6. The zero-order valence-corrected chi connectivity index (χ0v) is 10.4. The number of hydrogen-bond acceptors (Lipinski definition) is 2. The number of carbonyl (C=O) groups is 1. The first-order valence-electron chi connectivity index (χ1n) is 4.12. The number of aryl methyl sites for hydroxylation is 1. The quantitative estimate of drug-likeness (QED) is 0.537. The molecule has 0 radical (unpaired) electrons. The Morgan fingerprint density at radius 3 is 2.73 bits per heavy atom. The van der Waals surface area contributed by atoms with Gasteiger partial charge >= 0.3 is 0 Å². The molecule has 15 heavy (non-hydrogen) atoms. The standard InChI is InChI=1S/C9H10BrN3OS/c1-5-2-3-6(10)4-7(5)8(14)12-13-9(11)15/h2-4H,1H3,(H,12,14)(H3,11,13,15). The van der Waals surface area contributed by atoms with Crippen LogP contribution in [-0.4, -0.2) is 11.0 Å². The van der Waals surface area contributed by atoms with E-state index in [1.165, 1.54) is 0 Å². The first-order chi connectivity index (χ1) is 7.00. The van der Waals surface area contributed by atoms with E-state index in [9.17, 15) is 4.79 Å². The van der Waals surface area contributed by atoms with Gasteiger partial charge in [-0.2, -0.15) is 0 Å². The van der Waals surface area contributed by atoms with Crippen molar-refractivity contribution in [3.8, 4) is 0 Å². The Morgan fingerprint density at radius 1 is 1.47 bits per heavy atom. The minimum absolute atomic E-state index is 0.0241. The van der Waals surface area contributed by atoms with E-state index in [0.29, 0.717) is 5.56 Å². The molecule has 0 aromatic heterocycles. The van der Waals surface area contributed by atoms with E-state index < -0.39 is 0 Å². The molecule has 0 fully saturated rings. The van der Waals surface area contributed by atoms with Gasteiger partial charge in [-0.05, 0) is 36.8 Å². The summed E-state index contributed by atoms with van der Waals surface area (Å²) in [7, 11) is 0. The topological polar surface area (TPSA) is 67.2 Å². The van der Waals surface area contributed by atoms with E-state index in [1.54, 1.807) is 6.07 Å². The second kappa shape index (κ2) is 5.09. The fraction of sp³-hybridized carbons (Fsp3) is 0.111. The van der Waals surface area contributed by atoms with Crippen molar-refractivity contribution in [1.82, 2.24) is 10.9 Å². The number of halogens is 1. The molecule has 0 aliphatic heterocycles.